The summed E-state index contributed by atoms with van der Waals surface area (Å²) in [6.45, 7) is 3.72. The molecule has 1 heterocycles. The maximum Gasteiger partial charge on any atom is 0.252 e. The third-order valence-corrected chi connectivity index (χ3v) is 4.13. The number of nitrogens with one attached hydrogen (secondary N) is 2. The van der Waals surface area contributed by atoms with E-state index in [2.05, 4.69) is 10.6 Å². The minimum absolute atomic E-state index is 0. The zero-order valence-electron chi connectivity index (χ0n) is 13.1. The fourth-order valence-electron chi connectivity index (χ4n) is 2.61. The van der Waals surface area contributed by atoms with Gasteiger partial charge in [-0.1, -0.05) is 29.8 Å². The van der Waals surface area contributed by atoms with E-state index in [0.717, 1.165) is 24.2 Å². The molecular formula is C16H25ClN2O3. The molecule has 5 nitrogen and oxygen atoms in total. The van der Waals surface area contributed by atoms with Crippen LogP contribution in [0.1, 0.15) is 30.1 Å². The Morgan fingerprint density at radius 1 is 1.36 bits per heavy atom. The van der Waals surface area contributed by atoms with Gasteiger partial charge in [-0.15, -0.1) is 12.4 Å². The molecule has 0 aromatic heterocycles. The van der Waals surface area contributed by atoms with Crippen LogP contribution in [0, 0.1) is 6.92 Å². The first-order valence-electron chi connectivity index (χ1n) is 7.36. The quantitative estimate of drug-likeness (QED) is 0.763. The molecule has 6 heteroatoms. The summed E-state index contributed by atoms with van der Waals surface area (Å²) in [7, 11) is 1.57. The van der Waals surface area contributed by atoms with E-state index < -0.39 is 11.7 Å². The maximum atomic E-state index is 12.4. The molecule has 1 aliphatic rings. The Morgan fingerprint density at radius 2 is 1.95 bits per heavy atom. The highest BCUT2D eigenvalue weighted by molar-refractivity contribution is 5.85. The lowest BCUT2D eigenvalue weighted by Gasteiger charge is -2.35. The summed E-state index contributed by atoms with van der Waals surface area (Å²) in [4.78, 5) is 12.4. The molecule has 2 rings (SSSR count). The van der Waals surface area contributed by atoms with Crippen molar-refractivity contribution >= 4 is 18.3 Å². The SMILES string of the molecule is COC1(C(=O)NCC(O)c2ccc(C)cc2)CCNCC1.Cl. The molecule has 1 aromatic carbocycles. The highest BCUT2D eigenvalue weighted by Crippen LogP contribution is 2.23. The van der Waals surface area contributed by atoms with Gasteiger partial charge in [0.2, 0.25) is 0 Å². The summed E-state index contributed by atoms with van der Waals surface area (Å²) in [6.07, 6.45) is 0.594. The first-order valence-corrected chi connectivity index (χ1v) is 7.36. The van der Waals surface area contributed by atoms with Gasteiger partial charge in [0.25, 0.3) is 5.91 Å². The zero-order chi connectivity index (χ0) is 15.3. The lowest BCUT2D eigenvalue weighted by Crippen LogP contribution is -2.54. The minimum atomic E-state index is -0.766. The Labute approximate surface area is 137 Å². The van der Waals surface area contributed by atoms with Gasteiger partial charge in [0, 0.05) is 13.7 Å². The van der Waals surface area contributed by atoms with Crippen molar-refractivity contribution in [1.29, 1.82) is 0 Å². The molecule has 0 radical (unpaired) electrons. The van der Waals surface area contributed by atoms with Crippen LogP contribution in [0.15, 0.2) is 24.3 Å². The van der Waals surface area contributed by atoms with Crippen LogP contribution >= 0.6 is 12.4 Å². The van der Waals surface area contributed by atoms with E-state index in [9.17, 15) is 9.90 Å². The molecule has 22 heavy (non-hydrogen) atoms. The number of benzene rings is 1. The van der Waals surface area contributed by atoms with Gasteiger partial charge in [0.05, 0.1) is 6.10 Å². The van der Waals surface area contributed by atoms with Crippen molar-refractivity contribution in [2.45, 2.75) is 31.5 Å². The number of amides is 1. The largest absolute Gasteiger partial charge is 0.387 e. The predicted molar refractivity (Wildman–Crippen MR) is 88.2 cm³/mol. The molecule has 1 unspecified atom stereocenters. The number of methoxy groups -OCH3 is 1. The van der Waals surface area contributed by atoms with Crippen molar-refractivity contribution in [3.05, 3.63) is 35.4 Å². The van der Waals surface area contributed by atoms with E-state index in [-0.39, 0.29) is 24.9 Å². The summed E-state index contributed by atoms with van der Waals surface area (Å²) in [5, 5.41) is 16.2. The van der Waals surface area contributed by atoms with E-state index in [0.29, 0.717) is 12.8 Å². The lowest BCUT2D eigenvalue weighted by atomic mass is 9.91. The number of hydrogen-bond acceptors (Lipinski definition) is 4. The average molecular weight is 329 g/mol. The van der Waals surface area contributed by atoms with Crippen molar-refractivity contribution in [3.63, 3.8) is 0 Å². The van der Waals surface area contributed by atoms with Crippen LogP contribution in [0.4, 0.5) is 0 Å². The van der Waals surface area contributed by atoms with Crippen molar-refractivity contribution in [3.8, 4) is 0 Å². The molecule has 1 amide bonds. The van der Waals surface area contributed by atoms with Gasteiger partial charge >= 0.3 is 0 Å². The van der Waals surface area contributed by atoms with Gasteiger partial charge in [-0.05, 0) is 38.4 Å². The van der Waals surface area contributed by atoms with Crippen LogP contribution in [0.25, 0.3) is 0 Å². The van der Waals surface area contributed by atoms with E-state index in [4.69, 9.17) is 4.74 Å². The molecule has 0 saturated carbocycles. The minimum Gasteiger partial charge on any atom is -0.387 e. The number of hydrogen-bond donors (Lipinski definition) is 3. The normalized spacial score (nSPS) is 18.1. The van der Waals surface area contributed by atoms with Gasteiger partial charge in [0.15, 0.2) is 0 Å². The number of aliphatic hydroxyl groups is 1. The smallest absolute Gasteiger partial charge is 0.252 e. The zero-order valence-corrected chi connectivity index (χ0v) is 13.9. The third-order valence-electron chi connectivity index (χ3n) is 4.13. The van der Waals surface area contributed by atoms with Crippen LogP contribution < -0.4 is 10.6 Å². The predicted octanol–water partition coefficient (Wildman–Crippen LogP) is 1.34. The highest BCUT2D eigenvalue weighted by Gasteiger charge is 2.39. The van der Waals surface area contributed by atoms with E-state index in [1.165, 1.54) is 0 Å². The molecule has 0 bridgehead atoms. The van der Waals surface area contributed by atoms with Crippen molar-refractivity contribution in [2.75, 3.05) is 26.7 Å². The van der Waals surface area contributed by atoms with Gasteiger partial charge in [-0.25, -0.2) is 0 Å². The molecule has 124 valence electrons. The first-order chi connectivity index (χ1) is 10.1. The molecule has 1 aromatic rings. The molecule has 0 spiro atoms. The number of rotatable bonds is 5. The molecule has 1 atom stereocenters. The Kier molecular flexibility index (Phi) is 7.29. The van der Waals surface area contributed by atoms with Crippen molar-refractivity contribution in [1.82, 2.24) is 10.6 Å². The number of carbonyl (C=O) groups excluding carboxylic acids is 1. The molecular weight excluding hydrogens is 304 g/mol. The summed E-state index contributed by atoms with van der Waals surface area (Å²) in [5.41, 5.74) is 1.18. The number of halogens is 1. The summed E-state index contributed by atoms with van der Waals surface area (Å²) in [5.74, 6) is -0.141. The van der Waals surface area contributed by atoms with Crippen molar-refractivity contribution in [2.24, 2.45) is 0 Å². The molecule has 1 aliphatic heterocycles. The van der Waals surface area contributed by atoms with Crippen LogP contribution in [0.5, 0.6) is 0 Å². The summed E-state index contributed by atoms with van der Waals surface area (Å²) in [6, 6.07) is 7.65. The number of carbonyl (C=O) groups is 1. The van der Waals surface area contributed by atoms with E-state index >= 15 is 0 Å². The van der Waals surface area contributed by atoms with Crippen LogP contribution in [-0.4, -0.2) is 43.4 Å². The number of aryl methyl sites for hydroxylation is 1. The molecule has 0 aliphatic carbocycles. The van der Waals surface area contributed by atoms with Crippen LogP contribution in [-0.2, 0) is 9.53 Å². The van der Waals surface area contributed by atoms with E-state index in [1.54, 1.807) is 7.11 Å². The van der Waals surface area contributed by atoms with Crippen LogP contribution in [0.3, 0.4) is 0 Å². The lowest BCUT2D eigenvalue weighted by molar-refractivity contribution is -0.147. The Morgan fingerprint density at radius 3 is 2.50 bits per heavy atom. The highest BCUT2D eigenvalue weighted by atomic mass is 35.5. The van der Waals surface area contributed by atoms with E-state index in [1.807, 2.05) is 31.2 Å². The number of ether oxygens (including phenoxy) is 1. The summed E-state index contributed by atoms with van der Waals surface area (Å²) >= 11 is 0. The number of aliphatic hydroxyl groups excluding tert-OH is 1. The number of piperidine rings is 1. The molecule has 3 N–H and O–H groups in total. The van der Waals surface area contributed by atoms with Gasteiger partial charge < -0.3 is 20.5 Å². The summed E-state index contributed by atoms with van der Waals surface area (Å²) < 4.78 is 5.46. The van der Waals surface area contributed by atoms with Crippen molar-refractivity contribution < 1.29 is 14.6 Å². The second-order valence-electron chi connectivity index (χ2n) is 5.58. The fraction of sp³-hybridized carbons (Fsp3) is 0.562. The van der Waals surface area contributed by atoms with Gasteiger partial charge in [0.1, 0.15) is 5.60 Å². The van der Waals surface area contributed by atoms with Gasteiger partial charge in [-0.3, -0.25) is 4.79 Å². The standard InChI is InChI=1S/C16H24N2O3.ClH/c1-12-3-5-13(6-4-12)14(19)11-18-15(20)16(21-2)7-9-17-10-8-16;/h3-6,14,17,19H,7-11H2,1-2H3,(H,18,20);1H. The second kappa shape index (κ2) is 8.48. The monoisotopic (exact) mass is 328 g/mol. The van der Waals surface area contributed by atoms with Gasteiger partial charge in [-0.2, -0.15) is 0 Å². The van der Waals surface area contributed by atoms with Crippen LogP contribution in [0.2, 0.25) is 0 Å². The second-order valence-corrected chi connectivity index (χ2v) is 5.58. The fourth-order valence-corrected chi connectivity index (χ4v) is 2.61. The average Bonchev–Trinajstić information content (AvgIpc) is 2.53. The maximum absolute atomic E-state index is 12.4. The Hall–Kier alpha value is -1.14. The topological polar surface area (TPSA) is 70.6 Å². The third kappa shape index (κ3) is 4.43. The molecule has 1 fully saturated rings. The Bertz CT molecular complexity index is 473. The Balaban J connectivity index is 0.00000242. The molecule has 1 saturated heterocycles. The first kappa shape index (κ1) is 18.9.